The number of likely N-dealkylation sites (tertiary alicyclic amines) is 1. The molecule has 1 heterocycles. The van der Waals surface area contributed by atoms with Gasteiger partial charge >= 0.3 is 0 Å². The molecular weight excluding hydrogens is 257 g/mol. The molecule has 1 amide bonds. The van der Waals surface area contributed by atoms with Gasteiger partial charge in [0.15, 0.2) is 5.78 Å². The fourth-order valence-electron chi connectivity index (χ4n) is 2.64. The summed E-state index contributed by atoms with van der Waals surface area (Å²) in [6.07, 6.45) is 3.02. The Balaban J connectivity index is 2.03. The van der Waals surface area contributed by atoms with Crippen LogP contribution in [0.2, 0.25) is 0 Å². The number of nitrogens with zero attached hydrogens (tertiary/aromatic N) is 1. The normalized spacial score (nSPS) is 18.9. The summed E-state index contributed by atoms with van der Waals surface area (Å²) in [6.45, 7) is 3.21. The van der Waals surface area contributed by atoms with Gasteiger partial charge in [-0.2, -0.15) is 0 Å². The summed E-state index contributed by atoms with van der Waals surface area (Å²) < 4.78 is 12.9. The second kappa shape index (κ2) is 6.64. The molecule has 1 saturated heterocycles. The van der Waals surface area contributed by atoms with E-state index in [0.29, 0.717) is 18.5 Å². The molecule has 4 heteroatoms. The summed E-state index contributed by atoms with van der Waals surface area (Å²) in [7, 11) is 0. The van der Waals surface area contributed by atoms with Crippen molar-refractivity contribution in [3.8, 4) is 0 Å². The van der Waals surface area contributed by atoms with Gasteiger partial charge in [0.2, 0.25) is 5.91 Å². The molecule has 20 heavy (non-hydrogen) atoms. The van der Waals surface area contributed by atoms with Crippen LogP contribution >= 0.6 is 0 Å². The molecule has 1 aliphatic heterocycles. The monoisotopic (exact) mass is 277 g/mol. The van der Waals surface area contributed by atoms with Gasteiger partial charge in [-0.15, -0.1) is 0 Å². The fraction of sp³-hybridized carbons (Fsp3) is 0.500. The number of rotatable bonds is 4. The Morgan fingerprint density at radius 2 is 2.00 bits per heavy atom. The molecular formula is C16H20FNO2. The minimum Gasteiger partial charge on any atom is -0.342 e. The fourth-order valence-corrected chi connectivity index (χ4v) is 2.64. The molecule has 0 aromatic heterocycles. The number of benzene rings is 1. The molecule has 3 nitrogen and oxygen atoms in total. The van der Waals surface area contributed by atoms with Gasteiger partial charge in [-0.3, -0.25) is 9.59 Å². The number of carbonyl (C=O) groups excluding carboxylic acids is 2. The predicted octanol–water partition coefficient (Wildman–Crippen LogP) is 3.05. The first-order valence-electron chi connectivity index (χ1n) is 7.19. The van der Waals surface area contributed by atoms with Gasteiger partial charge in [0.05, 0.1) is 0 Å². The summed E-state index contributed by atoms with van der Waals surface area (Å²) in [5.41, 5.74) is 0.529. The third-order valence-electron chi connectivity index (χ3n) is 3.74. The number of hydrogen-bond acceptors (Lipinski definition) is 2. The predicted molar refractivity (Wildman–Crippen MR) is 74.9 cm³/mol. The maximum Gasteiger partial charge on any atom is 0.222 e. The first kappa shape index (κ1) is 14.7. The minimum atomic E-state index is -0.343. The third-order valence-corrected chi connectivity index (χ3v) is 3.74. The van der Waals surface area contributed by atoms with Crippen LogP contribution in [0.5, 0.6) is 0 Å². The number of ketones is 1. The van der Waals surface area contributed by atoms with Crippen LogP contribution in [-0.4, -0.2) is 29.7 Å². The van der Waals surface area contributed by atoms with E-state index in [9.17, 15) is 14.0 Å². The number of Topliss-reactive ketones (excluding diaryl/α,β-unsaturated/α-hetero) is 1. The summed E-state index contributed by atoms with van der Waals surface area (Å²) in [5, 5.41) is 0. The van der Waals surface area contributed by atoms with E-state index in [-0.39, 0.29) is 23.4 Å². The van der Waals surface area contributed by atoms with Crippen molar-refractivity contribution in [2.24, 2.45) is 5.92 Å². The van der Waals surface area contributed by atoms with E-state index in [1.165, 1.54) is 24.3 Å². The molecule has 1 fully saturated rings. The summed E-state index contributed by atoms with van der Waals surface area (Å²) >= 11 is 0. The zero-order chi connectivity index (χ0) is 14.5. The molecule has 0 bridgehead atoms. The number of amides is 1. The van der Waals surface area contributed by atoms with Gasteiger partial charge in [0.1, 0.15) is 5.82 Å². The molecule has 0 N–H and O–H groups in total. The summed E-state index contributed by atoms with van der Waals surface area (Å²) in [5.74, 6) is -0.358. The second-order valence-corrected chi connectivity index (χ2v) is 5.30. The number of piperidine rings is 1. The van der Waals surface area contributed by atoms with E-state index in [2.05, 4.69) is 0 Å². The van der Waals surface area contributed by atoms with E-state index in [0.717, 1.165) is 25.8 Å². The smallest absolute Gasteiger partial charge is 0.222 e. The lowest BCUT2D eigenvalue weighted by Crippen LogP contribution is -2.42. The van der Waals surface area contributed by atoms with E-state index >= 15 is 0 Å². The molecule has 108 valence electrons. The minimum absolute atomic E-state index is 0.0130. The quantitative estimate of drug-likeness (QED) is 0.793. The highest BCUT2D eigenvalue weighted by molar-refractivity contribution is 5.98. The molecule has 1 aromatic carbocycles. The third kappa shape index (κ3) is 3.44. The van der Waals surface area contributed by atoms with Crippen molar-refractivity contribution >= 4 is 11.7 Å². The van der Waals surface area contributed by atoms with Crippen LogP contribution in [-0.2, 0) is 4.79 Å². The lowest BCUT2D eigenvalue weighted by Gasteiger charge is -2.32. The van der Waals surface area contributed by atoms with E-state index < -0.39 is 0 Å². The van der Waals surface area contributed by atoms with Gasteiger partial charge in [-0.1, -0.05) is 6.92 Å². The Labute approximate surface area is 118 Å². The molecule has 2 rings (SSSR count). The number of hydrogen-bond donors (Lipinski definition) is 0. The lowest BCUT2D eigenvalue weighted by atomic mass is 9.90. The maximum atomic E-state index is 12.9. The molecule has 0 radical (unpaired) electrons. The number of halogens is 1. The Morgan fingerprint density at radius 1 is 1.30 bits per heavy atom. The highest BCUT2D eigenvalue weighted by atomic mass is 19.1. The average molecular weight is 277 g/mol. The molecule has 1 aliphatic rings. The van der Waals surface area contributed by atoms with Crippen LogP contribution in [0.1, 0.15) is 43.0 Å². The Kier molecular flexibility index (Phi) is 4.88. The van der Waals surface area contributed by atoms with Crippen molar-refractivity contribution in [2.75, 3.05) is 13.1 Å². The van der Waals surface area contributed by atoms with Gasteiger partial charge < -0.3 is 4.90 Å². The Bertz CT molecular complexity index is 484. The second-order valence-electron chi connectivity index (χ2n) is 5.30. The topological polar surface area (TPSA) is 37.4 Å². The van der Waals surface area contributed by atoms with Gasteiger partial charge in [0, 0.05) is 31.0 Å². The van der Waals surface area contributed by atoms with E-state index in [1.807, 2.05) is 6.92 Å². The highest BCUT2D eigenvalue weighted by Crippen LogP contribution is 2.22. The molecule has 1 unspecified atom stereocenters. The first-order valence-corrected chi connectivity index (χ1v) is 7.19. The standard InChI is InChI=1S/C16H20FNO2/c1-2-4-15(19)18-10-3-5-13(11-18)16(20)12-6-8-14(17)9-7-12/h6-9,13H,2-5,10-11H2,1H3. The van der Waals surface area contributed by atoms with Crippen LogP contribution in [0.25, 0.3) is 0 Å². The van der Waals surface area contributed by atoms with Gasteiger partial charge in [-0.25, -0.2) is 4.39 Å². The first-order chi connectivity index (χ1) is 9.61. The largest absolute Gasteiger partial charge is 0.342 e. The van der Waals surface area contributed by atoms with Gasteiger partial charge in [0.25, 0.3) is 0 Å². The van der Waals surface area contributed by atoms with Crippen molar-refractivity contribution in [2.45, 2.75) is 32.6 Å². The molecule has 1 atom stereocenters. The zero-order valence-electron chi connectivity index (χ0n) is 11.8. The SMILES string of the molecule is CCCC(=O)N1CCCC(C(=O)c2ccc(F)cc2)C1. The Morgan fingerprint density at radius 3 is 2.65 bits per heavy atom. The molecule has 0 aliphatic carbocycles. The highest BCUT2D eigenvalue weighted by Gasteiger charge is 2.28. The van der Waals surface area contributed by atoms with Crippen molar-refractivity contribution in [3.05, 3.63) is 35.6 Å². The van der Waals surface area contributed by atoms with Crippen LogP contribution in [0.4, 0.5) is 4.39 Å². The van der Waals surface area contributed by atoms with E-state index in [4.69, 9.17) is 0 Å². The number of carbonyl (C=O) groups is 2. The van der Waals surface area contributed by atoms with Crippen LogP contribution in [0, 0.1) is 11.7 Å². The van der Waals surface area contributed by atoms with Crippen molar-refractivity contribution in [1.29, 1.82) is 0 Å². The molecule has 1 aromatic rings. The van der Waals surface area contributed by atoms with Crippen molar-refractivity contribution in [3.63, 3.8) is 0 Å². The van der Waals surface area contributed by atoms with Crippen molar-refractivity contribution < 1.29 is 14.0 Å². The molecule has 0 spiro atoms. The molecule has 0 saturated carbocycles. The average Bonchev–Trinajstić information content (AvgIpc) is 2.48. The van der Waals surface area contributed by atoms with Crippen LogP contribution in [0.15, 0.2) is 24.3 Å². The zero-order valence-corrected chi connectivity index (χ0v) is 11.8. The summed E-state index contributed by atoms with van der Waals surface area (Å²) in [4.78, 5) is 26.1. The maximum absolute atomic E-state index is 12.9. The van der Waals surface area contributed by atoms with E-state index in [1.54, 1.807) is 4.90 Å². The van der Waals surface area contributed by atoms with Crippen molar-refractivity contribution in [1.82, 2.24) is 4.90 Å². The van der Waals surface area contributed by atoms with Gasteiger partial charge in [-0.05, 0) is 43.5 Å². The summed E-state index contributed by atoms with van der Waals surface area (Å²) in [6, 6.07) is 5.64. The van der Waals surface area contributed by atoms with Crippen LogP contribution < -0.4 is 0 Å². The lowest BCUT2D eigenvalue weighted by molar-refractivity contribution is -0.132. The van der Waals surface area contributed by atoms with Crippen LogP contribution in [0.3, 0.4) is 0 Å². The Hall–Kier alpha value is -1.71.